The van der Waals surface area contributed by atoms with Gasteiger partial charge in [-0.25, -0.2) is 4.79 Å². The molecular formula is C10H14O2. The Morgan fingerprint density at radius 2 is 2.42 bits per heavy atom. The molecule has 1 rings (SSSR count). The van der Waals surface area contributed by atoms with Gasteiger partial charge in [-0.3, -0.25) is 0 Å². The van der Waals surface area contributed by atoms with Crippen LogP contribution in [-0.4, -0.2) is 12.1 Å². The van der Waals surface area contributed by atoms with Crippen LogP contribution in [0.2, 0.25) is 0 Å². The Labute approximate surface area is 72.9 Å². The largest absolute Gasteiger partial charge is 0.455 e. The summed E-state index contributed by atoms with van der Waals surface area (Å²) in [4.78, 5) is 11.2. The van der Waals surface area contributed by atoms with Crippen molar-refractivity contribution in [3.05, 3.63) is 23.8 Å². The van der Waals surface area contributed by atoms with Crippen LogP contribution in [0.25, 0.3) is 0 Å². The van der Waals surface area contributed by atoms with Crippen LogP contribution in [0.4, 0.5) is 0 Å². The molecule has 1 aliphatic rings. The van der Waals surface area contributed by atoms with Gasteiger partial charge in [0.1, 0.15) is 6.10 Å². The van der Waals surface area contributed by atoms with E-state index in [4.69, 9.17) is 4.74 Å². The molecule has 0 bridgehead atoms. The highest BCUT2D eigenvalue weighted by atomic mass is 16.5. The average molecular weight is 166 g/mol. The molecule has 12 heavy (non-hydrogen) atoms. The van der Waals surface area contributed by atoms with Crippen molar-refractivity contribution in [1.29, 1.82) is 0 Å². The Hall–Kier alpha value is -1.05. The molecule has 2 heteroatoms. The SMILES string of the molecule is C=C(C)C1CC/C(=C\C)C(=O)O1. The Balaban J connectivity index is 2.64. The van der Waals surface area contributed by atoms with Gasteiger partial charge in [0.05, 0.1) is 0 Å². The molecule has 0 saturated carbocycles. The third-order valence-electron chi connectivity index (χ3n) is 2.09. The lowest BCUT2D eigenvalue weighted by Gasteiger charge is -2.23. The lowest BCUT2D eigenvalue weighted by molar-refractivity contribution is -0.145. The smallest absolute Gasteiger partial charge is 0.334 e. The van der Waals surface area contributed by atoms with Crippen molar-refractivity contribution in [2.75, 3.05) is 0 Å². The first-order valence-corrected chi connectivity index (χ1v) is 4.16. The summed E-state index contributed by atoms with van der Waals surface area (Å²) in [5.74, 6) is -0.184. The summed E-state index contributed by atoms with van der Waals surface area (Å²) in [6, 6.07) is 0. The minimum absolute atomic E-state index is 0.0683. The normalized spacial score (nSPS) is 27.0. The van der Waals surface area contributed by atoms with Gasteiger partial charge in [-0.2, -0.15) is 0 Å². The molecule has 0 aromatic heterocycles. The lowest BCUT2D eigenvalue weighted by atomic mass is 10.00. The van der Waals surface area contributed by atoms with Crippen molar-refractivity contribution in [2.24, 2.45) is 0 Å². The second-order valence-corrected chi connectivity index (χ2v) is 3.09. The van der Waals surface area contributed by atoms with Crippen LogP contribution in [0.3, 0.4) is 0 Å². The third-order valence-corrected chi connectivity index (χ3v) is 2.09. The van der Waals surface area contributed by atoms with E-state index < -0.39 is 0 Å². The molecule has 0 amide bonds. The number of carbonyl (C=O) groups is 1. The van der Waals surface area contributed by atoms with Crippen LogP contribution in [0.5, 0.6) is 0 Å². The monoisotopic (exact) mass is 166 g/mol. The van der Waals surface area contributed by atoms with Crippen LogP contribution in [0, 0.1) is 0 Å². The number of hydrogen-bond acceptors (Lipinski definition) is 2. The molecule has 0 aliphatic carbocycles. The van der Waals surface area contributed by atoms with E-state index in [1.807, 2.05) is 19.9 Å². The van der Waals surface area contributed by atoms with E-state index in [1.165, 1.54) is 0 Å². The fourth-order valence-electron chi connectivity index (χ4n) is 1.26. The van der Waals surface area contributed by atoms with Gasteiger partial charge in [0.15, 0.2) is 0 Å². The summed E-state index contributed by atoms with van der Waals surface area (Å²) in [6.07, 6.45) is 3.44. The maximum Gasteiger partial charge on any atom is 0.334 e. The first-order chi connectivity index (χ1) is 5.65. The molecule has 0 aromatic carbocycles. The molecule has 1 heterocycles. The van der Waals surface area contributed by atoms with Crippen molar-refractivity contribution in [3.63, 3.8) is 0 Å². The standard InChI is InChI=1S/C10H14O2/c1-4-8-5-6-9(7(2)3)12-10(8)11/h4,9H,2,5-6H2,1,3H3/b8-4+. The van der Waals surface area contributed by atoms with Gasteiger partial charge in [-0.15, -0.1) is 0 Å². The van der Waals surface area contributed by atoms with Gasteiger partial charge in [-0.1, -0.05) is 12.7 Å². The van der Waals surface area contributed by atoms with Gasteiger partial charge >= 0.3 is 5.97 Å². The molecule has 1 aliphatic heterocycles. The van der Waals surface area contributed by atoms with E-state index in [-0.39, 0.29) is 12.1 Å². The first kappa shape index (κ1) is 9.04. The minimum atomic E-state index is -0.184. The van der Waals surface area contributed by atoms with Crippen molar-refractivity contribution < 1.29 is 9.53 Å². The molecular weight excluding hydrogens is 152 g/mol. The summed E-state index contributed by atoms with van der Waals surface area (Å²) in [7, 11) is 0. The molecule has 1 fully saturated rings. The highest BCUT2D eigenvalue weighted by Crippen LogP contribution is 2.22. The minimum Gasteiger partial charge on any atom is -0.455 e. The number of allylic oxidation sites excluding steroid dienone is 1. The quantitative estimate of drug-likeness (QED) is 0.339. The molecule has 1 unspecified atom stereocenters. The van der Waals surface area contributed by atoms with E-state index in [2.05, 4.69) is 6.58 Å². The Kier molecular flexibility index (Phi) is 2.69. The van der Waals surface area contributed by atoms with Crippen LogP contribution >= 0.6 is 0 Å². The van der Waals surface area contributed by atoms with Crippen LogP contribution < -0.4 is 0 Å². The molecule has 0 spiro atoms. The number of esters is 1. The fraction of sp³-hybridized carbons (Fsp3) is 0.500. The average Bonchev–Trinajstić information content (AvgIpc) is 2.04. The topological polar surface area (TPSA) is 26.3 Å². The number of carbonyl (C=O) groups excluding carboxylic acids is 1. The van der Waals surface area contributed by atoms with Crippen LogP contribution in [-0.2, 0) is 9.53 Å². The zero-order valence-corrected chi connectivity index (χ0v) is 7.59. The molecule has 2 nitrogen and oxygen atoms in total. The van der Waals surface area contributed by atoms with Gasteiger partial charge < -0.3 is 4.74 Å². The second kappa shape index (κ2) is 3.57. The van der Waals surface area contributed by atoms with Gasteiger partial charge in [0, 0.05) is 5.57 Å². The highest BCUT2D eigenvalue weighted by Gasteiger charge is 2.24. The van der Waals surface area contributed by atoms with Gasteiger partial charge in [0.25, 0.3) is 0 Å². The maximum atomic E-state index is 11.2. The Bertz CT molecular complexity index is 238. The van der Waals surface area contributed by atoms with Crippen molar-refractivity contribution >= 4 is 5.97 Å². The van der Waals surface area contributed by atoms with E-state index in [1.54, 1.807) is 0 Å². The van der Waals surface area contributed by atoms with Crippen molar-refractivity contribution in [1.82, 2.24) is 0 Å². The number of cyclic esters (lactones) is 1. The summed E-state index contributed by atoms with van der Waals surface area (Å²) in [5.41, 5.74) is 1.71. The summed E-state index contributed by atoms with van der Waals surface area (Å²) >= 11 is 0. The van der Waals surface area contributed by atoms with Crippen LogP contribution in [0.15, 0.2) is 23.8 Å². The molecule has 0 aromatic rings. The predicted octanol–water partition coefficient (Wildman–Crippen LogP) is 2.21. The number of hydrogen-bond donors (Lipinski definition) is 0. The predicted molar refractivity (Wildman–Crippen MR) is 47.7 cm³/mol. The second-order valence-electron chi connectivity index (χ2n) is 3.09. The highest BCUT2D eigenvalue weighted by molar-refractivity contribution is 5.89. The number of ether oxygens (including phenoxy) is 1. The molecule has 66 valence electrons. The molecule has 1 saturated heterocycles. The summed E-state index contributed by atoms with van der Waals surface area (Å²) < 4.78 is 5.14. The van der Waals surface area contributed by atoms with Gasteiger partial charge in [-0.05, 0) is 32.3 Å². The Morgan fingerprint density at radius 3 is 2.83 bits per heavy atom. The lowest BCUT2D eigenvalue weighted by Crippen LogP contribution is -2.25. The Morgan fingerprint density at radius 1 is 1.75 bits per heavy atom. The molecule has 0 radical (unpaired) electrons. The maximum absolute atomic E-state index is 11.2. The van der Waals surface area contributed by atoms with Crippen molar-refractivity contribution in [3.8, 4) is 0 Å². The fourth-order valence-corrected chi connectivity index (χ4v) is 1.26. The third kappa shape index (κ3) is 1.76. The first-order valence-electron chi connectivity index (χ1n) is 4.16. The van der Waals surface area contributed by atoms with Gasteiger partial charge in [0.2, 0.25) is 0 Å². The van der Waals surface area contributed by atoms with Crippen molar-refractivity contribution in [2.45, 2.75) is 32.8 Å². The summed E-state index contributed by atoms with van der Waals surface area (Å²) in [6.45, 7) is 7.51. The van der Waals surface area contributed by atoms with E-state index in [9.17, 15) is 4.79 Å². The van der Waals surface area contributed by atoms with E-state index in [0.29, 0.717) is 0 Å². The van der Waals surface area contributed by atoms with E-state index in [0.717, 1.165) is 24.0 Å². The zero-order valence-electron chi connectivity index (χ0n) is 7.59. The number of rotatable bonds is 1. The summed E-state index contributed by atoms with van der Waals surface area (Å²) in [5, 5.41) is 0. The molecule has 1 atom stereocenters. The zero-order chi connectivity index (χ0) is 9.14. The van der Waals surface area contributed by atoms with Crippen LogP contribution in [0.1, 0.15) is 26.7 Å². The van der Waals surface area contributed by atoms with E-state index >= 15 is 0 Å². The molecule has 0 N–H and O–H groups in total.